The van der Waals surface area contributed by atoms with Gasteiger partial charge in [-0.25, -0.2) is 0 Å². The normalized spacial score (nSPS) is 51.5. The second-order valence-electron chi connectivity index (χ2n) is 7.15. The van der Waals surface area contributed by atoms with Crippen LogP contribution in [0.3, 0.4) is 0 Å². The first-order valence-corrected chi connectivity index (χ1v) is 6.60. The van der Waals surface area contributed by atoms with Gasteiger partial charge in [-0.1, -0.05) is 38.8 Å². The Labute approximate surface area is 94.1 Å². The third-order valence-corrected chi connectivity index (χ3v) is 6.53. The van der Waals surface area contributed by atoms with Crippen molar-refractivity contribution in [2.45, 2.75) is 59.8 Å². The minimum Gasteiger partial charge on any atom is -0.0847 e. The zero-order chi connectivity index (χ0) is 10.9. The van der Waals surface area contributed by atoms with Gasteiger partial charge in [0.2, 0.25) is 0 Å². The van der Waals surface area contributed by atoms with Crippen LogP contribution >= 0.6 is 0 Å². The van der Waals surface area contributed by atoms with Gasteiger partial charge in [-0.2, -0.15) is 0 Å². The number of rotatable bonds is 0. The first kappa shape index (κ1) is 9.93. The van der Waals surface area contributed by atoms with Crippen molar-refractivity contribution in [2.24, 2.45) is 22.2 Å². The van der Waals surface area contributed by atoms with Crippen LogP contribution in [-0.4, -0.2) is 0 Å². The maximum absolute atomic E-state index is 2.58. The molecule has 0 N–H and O–H groups in total. The van der Waals surface area contributed by atoms with Crippen molar-refractivity contribution in [2.75, 3.05) is 0 Å². The summed E-state index contributed by atoms with van der Waals surface area (Å²) in [5.41, 5.74) is 3.57. The number of allylic oxidation sites excluding steroid dienone is 2. The maximum Gasteiger partial charge on any atom is -0.0141 e. The maximum atomic E-state index is 2.58. The Balaban J connectivity index is 2.10. The molecule has 0 heterocycles. The molecule has 2 saturated carbocycles. The molecule has 0 unspecified atom stereocenters. The van der Waals surface area contributed by atoms with Gasteiger partial charge in [0, 0.05) is 0 Å². The molecule has 3 atom stereocenters. The molecule has 0 aromatic heterocycles. The molecule has 4 rings (SSSR count). The Morgan fingerprint density at radius 3 is 2.60 bits per heavy atom. The van der Waals surface area contributed by atoms with Crippen LogP contribution in [0.5, 0.6) is 0 Å². The van der Waals surface area contributed by atoms with Gasteiger partial charge in [0.25, 0.3) is 0 Å². The molecule has 2 bridgehead atoms. The summed E-state index contributed by atoms with van der Waals surface area (Å²) in [7, 11) is 0. The van der Waals surface area contributed by atoms with Crippen molar-refractivity contribution in [1.29, 1.82) is 0 Å². The molecule has 0 aliphatic heterocycles. The molecule has 4 aliphatic carbocycles. The standard InChI is InChI=1S/C15H24/c1-11-6-9-15-10-12(11)14(15,4)8-5-7-13(15,2)3/h6,12H,5,7-10H2,1-4H3/t12-,14-,15-/m0/s1. The molecule has 0 heteroatoms. The molecule has 0 radical (unpaired) electrons. The summed E-state index contributed by atoms with van der Waals surface area (Å²) in [5.74, 6) is 0.922. The van der Waals surface area contributed by atoms with E-state index in [-0.39, 0.29) is 0 Å². The van der Waals surface area contributed by atoms with Gasteiger partial charge in [-0.05, 0) is 54.8 Å². The van der Waals surface area contributed by atoms with Gasteiger partial charge in [-0.3, -0.25) is 0 Å². The molecule has 84 valence electrons. The highest BCUT2D eigenvalue weighted by atomic mass is 14.7. The summed E-state index contributed by atoms with van der Waals surface area (Å²) in [6, 6.07) is 0. The highest BCUT2D eigenvalue weighted by Gasteiger charge is 2.69. The number of hydrogen-bond donors (Lipinski definition) is 0. The summed E-state index contributed by atoms with van der Waals surface area (Å²) in [6.45, 7) is 9.99. The lowest BCUT2D eigenvalue weighted by Crippen LogP contribution is -2.66. The van der Waals surface area contributed by atoms with E-state index in [1.54, 1.807) is 5.57 Å². The Kier molecular flexibility index (Phi) is 1.67. The van der Waals surface area contributed by atoms with E-state index in [0.29, 0.717) is 16.2 Å². The largest absolute Gasteiger partial charge is 0.0847 e. The molecule has 0 aromatic rings. The minimum atomic E-state index is 0.577. The van der Waals surface area contributed by atoms with Crippen molar-refractivity contribution in [3.63, 3.8) is 0 Å². The first-order valence-electron chi connectivity index (χ1n) is 6.60. The molecule has 0 aromatic carbocycles. The Morgan fingerprint density at radius 1 is 1.20 bits per heavy atom. The average molecular weight is 204 g/mol. The first-order chi connectivity index (χ1) is 6.93. The molecule has 0 saturated heterocycles. The van der Waals surface area contributed by atoms with E-state index in [0.717, 1.165) is 5.92 Å². The van der Waals surface area contributed by atoms with E-state index >= 15 is 0 Å². The van der Waals surface area contributed by atoms with Crippen LogP contribution in [0.1, 0.15) is 59.8 Å². The van der Waals surface area contributed by atoms with Crippen molar-refractivity contribution in [3.05, 3.63) is 11.6 Å². The molecule has 0 amide bonds. The van der Waals surface area contributed by atoms with Gasteiger partial charge < -0.3 is 0 Å². The van der Waals surface area contributed by atoms with E-state index in [1.165, 1.54) is 32.1 Å². The fraction of sp³-hybridized carbons (Fsp3) is 0.867. The smallest absolute Gasteiger partial charge is 0.0141 e. The Morgan fingerprint density at radius 2 is 1.93 bits per heavy atom. The van der Waals surface area contributed by atoms with Gasteiger partial charge in [-0.15, -0.1) is 0 Å². The molecule has 2 fully saturated rings. The lowest BCUT2D eigenvalue weighted by Gasteiger charge is -2.74. The minimum absolute atomic E-state index is 0.577. The predicted molar refractivity (Wildman–Crippen MR) is 64.7 cm³/mol. The predicted octanol–water partition coefficient (Wildman–Crippen LogP) is 4.56. The molecular formula is C15H24. The SMILES string of the molecule is CC1=CC[C@@]23C[C@@H]1[C@]2(C)CCCC3(C)C. The summed E-state index contributed by atoms with van der Waals surface area (Å²) in [5, 5.41) is 0. The van der Waals surface area contributed by atoms with Gasteiger partial charge >= 0.3 is 0 Å². The highest BCUT2D eigenvalue weighted by molar-refractivity contribution is 5.31. The third kappa shape index (κ3) is 0.867. The lowest BCUT2D eigenvalue weighted by atomic mass is 9.30. The molecule has 1 spiro atoms. The monoisotopic (exact) mass is 204 g/mol. The molecule has 0 nitrogen and oxygen atoms in total. The van der Waals surface area contributed by atoms with E-state index in [2.05, 4.69) is 33.8 Å². The van der Waals surface area contributed by atoms with Crippen LogP contribution in [0.15, 0.2) is 11.6 Å². The van der Waals surface area contributed by atoms with Crippen LogP contribution in [0.4, 0.5) is 0 Å². The zero-order valence-electron chi connectivity index (χ0n) is 10.7. The molecule has 4 aliphatic rings. The number of fused-ring (bicyclic) bond motifs is 1. The Hall–Kier alpha value is -0.260. The summed E-state index contributed by atoms with van der Waals surface area (Å²) >= 11 is 0. The fourth-order valence-corrected chi connectivity index (χ4v) is 5.34. The quantitative estimate of drug-likeness (QED) is 0.507. The van der Waals surface area contributed by atoms with Crippen molar-refractivity contribution < 1.29 is 0 Å². The molecule has 15 heavy (non-hydrogen) atoms. The third-order valence-electron chi connectivity index (χ3n) is 6.53. The highest BCUT2D eigenvalue weighted by Crippen LogP contribution is 2.78. The van der Waals surface area contributed by atoms with Crippen LogP contribution in [0.2, 0.25) is 0 Å². The van der Waals surface area contributed by atoms with Crippen molar-refractivity contribution >= 4 is 0 Å². The van der Waals surface area contributed by atoms with Gasteiger partial charge in [0.1, 0.15) is 0 Å². The van der Waals surface area contributed by atoms with Gasteiger partial charge in [0.15, 0.2) is 0 Å². The fourth-order valence-electron chi connectivity index (χ4n) is 5.34. The van der Waals surface area contributed by atoms with Crippen LogP contribution in [0, 0.1) is 22.2 Å². The van der Waals surface area contributed by atoms with E-state index in [4.69, 9.17) is 0 Å². The second-order valence-corrected chi connectivity index (χ2v) is 7.15. The Bertz CT molecular complexity index is 336. The van der Waals surface area contributed by atoms with Gasteiger partial charge in [0.05, 0.1) is 0 Å². The zero-order valence-corrected chi connectivity index (χ0v) is 10.7. The second kappa shape index (κ2) is 2.52. The van der Waals surface area contributed by atoms with Crippen molar-refractivity contribution in [1.82, 2.24) is 0 Å². The van der Waals surface area contributed by atoms with Crippen LogP contribution in [-0.2, 0) is 0 Å². The number of hydrogen-bond acceptors (Lipinski definition) is 0. The average Bonchev–Trinajstić information content (AvgIpc) is 2.14. The van der Waals surface area contributed by atoms with Crippen molar-refractivity contribution in [3.8, 4) is 0 Å². The summed E-state index contributed by atoms with van der Waals surface area (Å²) < 4.78 is 0. The topological polar surface area (TPSA) is 0 Å². The van der Waals surface area contributed by atoms with Crippen LogP contribution in [0.25, 0.3) is 0 Å². The van der Waals surface area contributed by atoms with E-state index in [9.17, 15) is 0 Å². The summed E-state index contributed by atoms with van der Waals surface area (Å²) in [6.07, 6.45) is 9.77. The molecular weight excluding hydrogens is 180 g/mol. The summed E-state index contributed by atoms with van der Waals surface area (Å²) in [4.78, 5) is 0. The van der Waals surface area contributed by atoms with Crippen LogP contribution < -0.4 is 0 Å². The van der Waals surface area contributed by atoms with E-state index < -0.39 is 0 Å². The lowest BCUT2D eigenvalue weighted by molar-refractivity contribution is -0.225. The van der Waals surface area contributed by atoms with E-state index in [1.807, 2.05) is 0 Å².